The van der Waals surface area contributed by atoms with Crippen molar-refractivity contribution in [2.75, 3.05) is 0 Å². The van der Waals surface area contributed by atoms with Gasteiger partial charge in [0.15, 0.2) is 5.11 Å². The van der Waals surface area contributed by atoms with E-state index in [9.17, 15) is 9.59 Å². The molecule has 0 aromatic rings. The fraction of sp³-hybridized carbons (Fsp3) is 0.700. The van der Waals surface area contributed by atoms with Gasteiger partial charge in [-0.1, -0.05) is 20.8 Å². The Labute approximate surface area is 101 Å². The van der Waals surface area contributed by atoms with Gasteiger partial charge in [-0.3, -0.25) is 20.4 Å². The summed E-state index contributed by atoms with van der Waals surface area (Å²) >= 11 is 4.83. The second-order valence-corrected chi connectivity index (χ2v) is 4.31. The summed E-state index contributed by atoms with van der Waals surface area (Å²) < 4.78 is 0. The molecule has 0 aromatic carbocycles. The van der Waals surface area contributed by atoms with Gasteiger partial charge in [0.2, 0.25) is 11.8 Å². The van der Waals surface area contributed by atoms with E-state index in [4.69, 9.17) is 12.2 Å². The highest BCUT2D eigenvalue weighted by Gasteiger charge is 2.07. The Balaban J connectivity index is 3.74. The van der Waals surface area contributed by atoms with Crippen LogP contribution in [0.15, 0.2) is 0 Å². The van der Waals surface area contributed by atoms with E-state index in [1.807, 2.05) is 20.8 Å². The predicted molar refractivity (Wildman–Crippen MR) is 66.4 cm³/mol. The monoisotopic (exact) mass is 245 g/mol. The number of thiocarbonyl (C=S) groups is 1. The second kappa shape index (κ2) is 8.04. The summed E-state index contributed by atoms with van der Waals surface area (Å²) in [7, 11) is 0. The summed E-state index contributed by atoms with van der Waals surface area (Å²) in [6, 6.07) is 0. The maximum absolute atomic E-state index is 11.3. The molecule has 0 aliphatic carbocycles. The third-order valence-corrected chi connectivity index (χ3v) is 1.84. The van der Waals surface area contributed by atoms with E-state index in [1.54, 1.807) is 0 Å². The number of hydrogen-bond acceptors (Lipinski definition) is 3. The molecule has 0 saturated carbocycles. The zero-order chi connectivity index (χ0) is 12.6. The largest absolute Gasteiger partial charge is 0.302 e. The average molecular weight is 245 g/mol. The molecule has 0 heterocycles. The molecule has 0 aromatic heterocycles. The van der Waals surface area contributed by atoms with Crippen molar-refractivity contribution < 1.29 is 9.59 Å². The number of hydrogen-bond donors (Lipinski definition) is 3. The first-order valence-electron chi connectivity index (χ1n) is 5.34. The SMILES string of the molecule is CCCC(=O)NNC(=S)NC(=O)CC(C)C. The van der Waals surface area contributed by atoms with E-state index in [0.29, 0.717) is 12.8 Å². The molecule has 16 heavy (non-hydrogen) atoms. The highest BCUT2D eigenvalue weighted by atomic mass is 32.1. The number of amides is 2. The zero-order valence-electron chi connectivity index (χ0n) is 9.92. The number of nitrogens with one attached hydrogen (secondary N) is 3. The van der Waals surface area contributed by atoms with E-state index in [0.717, 1.165) is 6.42 Å². The van der Waals surface area contributed by atoms with E-state index >= 15 is 0 Å². The Morgan fingerprint density at radius 3 is 2.31 bits per heavy atom. The maximum Gasteiger partial charge on any atom is 0.238 e. The van der Waals surface area contributed by atoms with Gasteiger partial charge in [-0.05, 0) is 24.6 Å². The van der Waals surface area contributed by atoms with E-state index < -0.39 is 0 Å². The van der Waals surface area contributed by atoms with Crippen LogP contribution in [0.3, 0.4) is 0 Å². The van der Waals surface area contributed by atoms with Crippen LogP contribution in [0.4, 0.5) is 0 Å². The lowest BCUT2D eigenvalue weighted by Crippen LogP contribution is -2.48. The highest BCUT2D eigenvalue weighted by Crippen LogP contribution is 1.97. The summed E-state index contributed by atoms with van der Waals surface area (Å²) in [5.41, 5.74) is 4.87. The van der Waals surface area contributed by atoms with Crippen LogP contribution in [0, 0.1) is 5.92 Å². The lowest BCUT2D eigenvalue weighted by Gasteiger charge is -2.11. The third kappa shape index (κ3) is 8.16. The zero-order valence-corrected chi connectivity index (χ0v) is 10.7. The molecule has 92 valence electrons. The van der Waals surface area contributed by atoms with Crippen molar-refractivity contribution in [3.8, 4) is 0 Å². The molecule has 3 N–H and O–H groups in total. The average Bonchev–Trinajstić information content (AvgIpc) is 2.13. The minimum Gasteiger partial charge on any atom is -0.302 e. The Kier molecular flexibility index (Phi) is 7.45. The number of carbonyl (C=O) groups excluding carboxylic acids is 2. The fourth-order valence-corrected chi connectivity index (χ4v) is 1.16. The molecule has 0 aliphatic rings. The molecule has 2 amide bonds. The van der Waals surface area contributed by atoms with Gasteiger partial charge in [0.1, 0.15) is 0 Å². The Bertz CT molecular complexity index is 267. The fourth-order valence-electron chi connectivity index (χ4n) is 0.996. The van der Waals surface area contributed by atoms with E-state index in [2.05, 4.69) is 16.2 Å². The molecule has 0 rings (SSSR count). The minimum absolute atomic E-state index is 0.120. The Morgan fingerprint density at radius 2 is 1.81 bits per heavy atom. The molecule has 6 heteroatoms. The topological polar surface area (TPSA) is 70.2 Å². The standard InChI is InChI=1S/C10H19N3O2S/c1-4-5-8(14)12-13-10(16)11-9(15)6-7(2)3/h7H,4-6H2,1-3H3,(H,12,14)(H2,11,13,15,16). The number of rotatable bonds is 4. The molecule has 0 radical (unpaired) electrons. The Hall–Kier alpha value is -1.17. The molecular weight excluding hydrogens is 226 g/mol. The summed E-state index contributed by atoms with van der Waals surface area (Å²) in [6.07, 6.45) is 1.60. The first-order valence-corrected chi connectivity index (χ1v) is 5.75. The molecule has 0 aliphatic heterocycles. The Morgan fingerprint density at radius 1 is 1.19 bits per heavy atom. The minimum atomic E-state index is -0.155. The van der Waals surface area contributed by atoms with Gasteiger partial charge in [0, 0.05) is 12.8 Å². The van der Waals surface area contributed by atoms with Gasteiger partial charge >= 0.3 is 0 Å². The molecule has 0 fully saturated rings. The van der Waals surface area contributed by atoms with Crippen molar-refractivity contribution in [3.05, 3.63) is 0 Å². The normalized spacial score (nSPS) is 9.75. The smallest absolute Gasteiger partial charge is 0.238 e. The summed E-state index contributed by atoms with van der Waals surface area (Å²) in [6.45, 7) is 5.79. The van der Waals surface area contributed by atoms with Gasteiger partial charge < -0.3 is 5.32 Å². The lowest BCUT2D eigenvalue weighted by molar-refractivity contribution is -0.122. The quantitative estimate of drug-likeness (QED) is 0.507. The highest BCUT2D eigenvalue weighted by molar-refractivity contribution is 7.80. The van der Waals surface area contributed by atoms with E-state index in [1.165, 1.54) is 0 Å². The van der Waals surface area contributed by atoms with Crippen molar-refractivity contribution in [2.45, 2.75) is 40.0 Å². The van der Waals surface area contributed by atoms with Crippen molar-refractivity contribution in [2.24, 2.45) is 5.92 Å². The van der Waals surface area contributed by atoms with Crippen LogP contribution >= 0.6 is 12.2 Å². The van der Waals surface area contributed by atoms with Crippen LogP contribution in [0.1, 0.15) is 40.0 Å². The van der Waals surface area contributed by atoms with Crippen LogP contribution in [-0.2, 0) is 9.59 Å². The van der Waals surface area contributed by atoms with Crippen LogP contribution in [0.2, 0.25) is 0 Å². The molecular formula is C10H19N3O2S. The maximum atomic E-state index is 11.3. The van der Waals surface area contributed by atoms with Crippen molar-refractivity contribution in [3.63, 3.8) is 0 Å². The molecule has 0 unspecified atom stereocenters. The van der Waals surface area contributed by atoms with Crippen LogP contribution < -0.4 is 16.2 Å². The van der Waals surface area contributed by atoms with Crippen LogP contribution in [-0.4, -0.2) is 16.9 Å². The van der Waals surface area contributed by atoms with Gasteiger partial charge in [-0.2, -0.15) is 0 Å². The van der Waals surface area contributed by atoms with Gasteiger partial charge in [-0.15, -0.1) is 0 Å². The lowest BCUT2D eigenvalue weighted by atomic mass is 10.1. The molecule has 0 spiro atoms. The van der Waals surface area contributed by atoms with Gasteiger partial charge in [-0.25, -0.2) is 0 Å². The van der Waals surface area contributed by atoms with Crippen molar-refractivity contribution in [1.29, 1.82) is 0 Å². The first-order chi connectivity index (χ1) is 7.45. The van der Waals surface area contributed by atoms with Gasteiger partial charge in [0.05, 0.1) is 0 Å². The van der Waals surface area contributed by atoms with E-state index in [-0.39, 0.29) is 22.8 Å². The number of hydrazine groups is 1. The third-order valence-electron chi connectivity index (χ3n) is 1.64. The molecule has 0 atom stereocenters. The summed E-state index contributed by atoms with van der Waals surface area (Å²) in [5, 5.41) is 2.60. The van der Waals surface area contributed by atoms with Crippen LogP contribution in [0.5, 0.6) is 0 Å². The second-order valence-electron chi connectivity index (χ2n) is 3.90. The van der Waals surface area contributed by atoms with Crippen molar-refractivity contribution in [1.82, 2.24) is 16.2 Å². The molecule has 0 saturated heterocycles. The molecule has 5 nitrogen and oxygen atoms in total. The summed E-state index contributed by atoms with van der Waals surface area (Å²) in [4.78, 5) is 22.3. The predicted octanol–water partition coefficient (Wildman–Crippen LogP) is 0.854. The summed E-state index contributed by atoms with van der Waals surface area (Å²) in [5.74, 6) is -0.0299. The van der Waals surface area contributed by atoms with Gasteiger partial charge in [0.25, 0.3) is 0 Å². The first kappa shape index (κ1) is 14.8. The van der Waals surface area contributed by atoms with Crippen molar-refractivity contribution >= 4 is 29.1 Å². The number of carbonyl (C=O) groups is 2. The van der Waals surface area contributed by atoms with Crippen LogP contribution in [0.25, 0.3) is 0 Å². The molecule has 0 bridgehead atoms.